The summed E-state index contributed by atoms with van der Waals surface area (Å²) >= 11 is 1.78. The number of fused-ring (bicyclic) bond motifs is 2. The smallest absolute Gasteiger partial charge is 0.170 e. The highest BCUT2D eigenvalue weighted by molar-refractivity contribution is 7.10. The van der Waals surface area contributed by atoms with E-state index in [1.54, 1.807) is 17.5 Å². The molecule has 2 heterocycles. The Morgan fingerprint density at radius 3 is 3.14 bits per heavy atom. The van der Waals surface area contributed by atoms with Crippen molar-refractivity contribution in [2.45, 2.75) is 25.2 Å². The normalized spacial score (nSPS) is 17.6. The lowest BCUT2D eigenvalue weighted by Gasteiger charge is -2.22. The van der Waals surface area contributed by atoms with Crippen LogP contribution >= 0.6 is 11.3 Å². The second kappa shape index (κ2) is 5.08. The lowest BCUT2D eigenvalue weighted by atomic mass is 9.81. The molecule has 2 aromatic heterocycles. The van der Waals surface area contributed by atoms with E-state index in [4.69, 9.17) is 0 Å². The summed E-state index contributed by atoms with van der Waals surface area (Å²) in [5.74, 6) is 0.282. The zero-order chi connectivity index (χ0) is 14.2. The minimum atomic E-state index is 0.0266. The molecule has 1 atom stereocenters. The summed E-state index contributed by atoms with van der Waals surface area (Å²) in [7, 11) is 0. The molecular formula is C18H15NOS. The van der Waals surface area contributed by atoms with Crippen LogP contribution in [0.15, 0.2) is 48.1 Å². The Hall–Kier alpha value is -2.00. The number of rotatable bonds is 2. The minimum Gasteiger partial charge on any atom is -0.293 e. The van der Waals surface area contributed by atoms with Crippen molar-refractivity contribution >= 4 is 27.9 Å². The number of hydrogen-bond acceptors (Lipinski definition) is 3. The molecule has 0 spiro atoms. The molecule has 0 saturated heterocycles. The number of benzene rings is 1. The lowest BCUT2D eigenvalue weighted by Crippen LogP contribution is -2.17. The predicted molar refractivity (Wildman–Crippen MR) is 86.1 cm³/mol. The molecule has 1 aliphatic rings. The van der Waals surface area contributed by atoms with Crippen LogP contribution in [-0.4, -0.2) is 10.8 Å². The topological polar surface area (TPSA) is 30.0 Å². The van der Waals surface area contributed by atoms with Gasteiger partial charge in [0.25, 0.3) is 0 Å². The number of aromatic nitrogens is 1. The molecule has 1 aromatic carbocycles. The molecule has 21 heavy (non-hydrogen) atoms. The van der Waals surface area contributed by atoms with Crippen LogP contribution in [0.4, 0.5) is 0 Å². The summed E-state index contributed by atoms with van der Waals surface area (Å²) in [6.07, 6.45) is 6.77. The highest BCUT2D eigenvalue weighted by atomic mass is 32.1. The lowest BCUT2D eigenvalue weighted by molar-refractivity contribution is 0.0953. The number of pyridine rings is 1. The summed E-state index contributed by atoms with van der Waals surface area (Å²) in [6, 6.07) is 9.99. The minimum absolute atomic E-state index is 0.0266. The van der Waals surface area contributed by atoms with E-state index in [2.05, 4.69) is 16.4 Å². The Bertz CT molecular complexity index is 815. The molecule has 0 saturated carbocycles. The van der Waals surface area contributed by atoms with E-state index in [9.17, 15) is 4.79 Å². The molecule has 0 radical (unpaired) electrons. The van der Waals surface area contributed by atoms with Crippen molar-refractivity contribution in [2.75, 3.05) is 0 Å². The van der Waals surface area contributed by atoms with Gasteiger partial charge in [-0.05, 0) is 47.7 Å². The molecule has 0 fully saturated rings. The van der Waals surface area contributed by atoms with Gasteiger partial charge in [-0.3, -0.25) is 9.78 Å². The number of carbonyl (C=O) groups is 1. The van der Waals surface area contributed by atoms with E-state index in [-0.39, 0.29) is 11.7 Å². The Morgan fingerprint density at radius 2 is 2.19 bits per heavy atom. The van der Waals surface area contributed by atoms with E-state index >= 15 is 0 Å². The number of hydrogen-bond donors (Lipinski definition) is 0. The molecule has 0 amide bonds. The quantitative estimate of drug-likeness (QED) is 0.646. The maximum Gasteiger partial charge on any atom is 0.170 e. The van der Waals surface area contributed by atoms with Gasteiger partial charge in [-0.2, -0.15) is 0 Å². The van der Waals surface area contributed by atoms with Gasteiger partial charge in [-0.1, -0.05) is 18.2 Å². The number of aryl methyl sites for hydroxylation is 1. The van der Waals surface area contributed by atoms with E-state index in [1.165, 1.54) is 10.4 Å². The first-order valence-corrected chi connectivity index (χ1v) is 8.16. The van der Waals surface area contributed by atoms with Crippen molar-refractivity contribution in [3.63, 3.8) is 0 Å². The standard InChI is InChI=1S/C18H15NOS/c20-18(16-5-2-6-17-14(16)8-10-21-17)15-4-1-3-12-11-19-9-7-13(12)15/h1,3-4,7-11,16H,2,5-6H2. The fourth-order valence-electron chi connectivity index (χ4n) is 3.28. The van der Waals surface area contributed by atoms with Crippen LogP contribution in [0.2, 0.25) is 0 Å². The van der Waals surface area contributed by atoms with Crippen LogP contribution < -0.4 is 0 Å². The van der Waals surface area contributed by atoms with Crippen LogP contribution in [0.25, 0.3) is 10.8 Å². The average molecular weight is 293 g/mol. The zero-order valence-electron chi connectivity index (χ0n) is 11.6. The number of thiophene rings is 1. The van der Waals surface area contributed by atoms with Crippen LogP contribution in [0.1, 0.15) is 39.6 Å². The highest BCUT2D eigenvalue weighted by Gasteiger charge is 2.28. The molecule has 104 valence electrons. The molecule has 0 bridgehead atoms. The van der Waals surface area contributed by atoms with Gasteiger partial charge in [0.1, 0.15) is 0 Å². The van der Waals surface area contributed by atoms with Crippen molar-refractivity contribution in [1.29, 1.82) is 0 Å². The van der Waals surface area contributed by atoms with Crippen molar-refractivity contribution < 1.29 is 4.79 Å². The number of ketones is 1. The Morgan fingerprint density at radius 1 is 1.24 bits per heavy atom. The van der Waals surface area contributed by atoms with Crippen molar-refractivity contribution in [3.05, 3.63) is 64.1 Å². The summed E-state index contributed by atoms with van der Waals surface area (Å²) in [4.78, 5) is 18.6. The van der Waals surface area contributed by atoms with E-state index in [0.717, 1.165) is 35.6 Å². The first-order valence-electron chi connectivity index (χ1n) is 7.28. The first-order chi connectivity index (χ1) is 10.3. The largest absolute Gasteiger partial charge is 0.293 e. The molecule has 4 rings (SSSR count). The van der Waals surface area contributed by atoms with Gasteiger partial charge in [0.2, 0.25) is 0 Å². The van der Waals surface area contributed by atoms with E-state index < -0.39 is 0 Å². The Balaban J connectivity index is 1.82. The fraction of sp³-hybridized carbons (Fsp3) is 0.222. The maximum absolute atomic E-state index is 13.1. The molecule has 1 unspecified atom stereocenters. The van der Waals surface area contributed by atoms with Crippen LogP contribution in [0.3, 0.4) is 0 Å². The van der Waals surface area contributed by atoms with Gasteiger partial charge >= 0.3 is 0 Å². The molecular weight excluding hydrogens is 278 g/mol. The Kier molecular flexibility index (Phi) is 3.08. The molecule has 2 nitrogen and oxygen atoms in total. The van der Waals surface area contributed by atoms with Crippen LogP contribution in [-0.2, 0) is 6.42 Å². The second-order valence-corrected chi connectivity index (χ2v) is 6.51. The van der Waals surface area contributed by atoms with Gasteiger partial charge in [0, 0.05) is 34.1 Å². The molecule has 0 aliphatic heterocycles. The van der Waals surface area contributed by atoms with Crippen molar-refractivity contribution in [3.8, 4) is 0 Å². The molecule has 1 aliphatic carbocycles. The number of carbonyl (C=O) groups excluding carboxylic acids is 1. The fourth-order valence-corrected chi connectivity index (χ4v) is 4.27. The van der Waals surface area contributed by atoms with Gasteiger partial charge in [-0.25, -0.2) is 0 Å². The van der Waals surface area contributed by atoms with Crippen molar-refractivity contribution in [1.82, 2.24) is 4.98 Å². The van der Waals surface area contributed by atoms with Gasteiger partial charge in [0.05, 0.1) is 0 Å². The Labute approximate surface area is 127 Å². The van der Waals surface area contributed by atoms with Crippen LogP contribution in [0, 0.1) is 0 Å². The zero-order valence-corrected chi connectivity index (χ0v) is 12.4. The predicted octanol–water partition coefficient (Wildman–Crippen LogP) is 4.60. The summed E-state index contributed by atoms with van der Waals surface area (Å²) < 4.78 is 0. The monoisotopic (exact) mass is 293 g/mol. The van der Waals surface area contributed by atoms with Gasteiger partial charge in [-0.15, -0.1) is 11.3 Å². The van der Waals surface area contributed by atoms with Crippen LogP contribution in [0.5, 0.6) is 0 Å². The average Bonchev–Trinajstić information content (AvgIpc) is 3.02. The van der Waals surface area contributed by atoms with E-state index in [1.807, 2.05) is 30.5 Å². The summed E-state index contributed by atoms with van der Waals surface area (Å²) in [5.41, 5.74) is 2.08. The second-order valence-electron chi connectivity index (χ2n) is 5.51. The third kappa shape index (κ3) is 2.09. The SMILES string of the molecule is O=C(c1cccc2cnccc12)C1CCCc2sccc21. The first kappa shape index (κ1) is 12.7. The molecule has 3 aromatic rings. The molecule has 0 N–H and O–H groups in total. The van der Waals surface area contributed by atoms with E-state index in [0.29, 0.717) is 0 Å². The van der Waals surface area contributed by atoms with Crippen molar-refractivity contribution in [2.24, 2.45) is 0 Å². The summed E-state index contributed by atoms with van der Waals surface area (Å²) in [5, 5.41) is 4.16. The van der Waals surface area contributed by atoms with Gasteiger partial charge in [0.15, 0.2) is 5.78 Å². The number of Topliss-reactive ketones (excluding diaryl/α,β-unsaturated/α-hetero) is 1. The third-order valence-electron chi connectivity index (χ3n) is 4.31. The highest BCUT2D eigenvalue weighted by Crippen LogP contribution is 2.37. The third-order valence-corrected chi connectivity index (χ3v) is 5.31. The maximum atomic E-state index is 13.1. The number of nitrogens with zero attached hydrogens (tertiary/aromatic N) is 1. The van der Waals surface area contributed by atoms with Gasteiger partial charge < -0.3 is 0 Å². The molecule has 3 heteroatoms. The summed E-state index contributed by atoms with van der Waals surface area (Å²) in [6.45, 7) is 0.